The van der Waals surface area contributed by atoms with Crippen LogP contribution < -0.4 is 10.1 Å². The Morgan fingerprint density at radius 3 is 2.53 bits per heavy atom. The van der Waals surface area contributed by atoms with Gasteiger partial charge in [-0.1, -0.05) is 6.92 Å². The van der Waals surface area contributed by atoms with E-state index in [0.29, 0.717) is 19.1 Å². The van der Waals surface area contributed by atoms with E-state index in [1.165, 1.54) is 0 Å². The second-order valence-corrected chi connectivity index (χ2v) is 5.35. The van der Waals surface area contributed by atoms with Crippen LogP contribution in [-0.4, -0.2) is 35.6 Å². The van der Waals surface area contributed by atoms with Gasteiger partial charge >= 0.3 is 0 Å². The third-order valence-electron chi connectivity index (χ3n) is 2.30. The van der Waals surface area contributed by atoms with Crippen LogP contribution in [0.1, 0.15) is 39.8 Å². The average molecular weight is 267 g/mol. The van der Waals surface area contributed by atoms with Crippen LogP contribution in [0.25, 0.3) is 0 Å². The topological polar surface area (TPSA) is 56.3 Å². The van der Waals surface area contributed by atoms with Gasteiger partial charge in [0.15, 0.2) is 0 Å². The third kappa shape index (κ3) is 7.74. The van der Waals surface area contributed by atoms with Crippen LogP contribution in [0.3, 0.4) is 0 Å². The summed E-state index contributed by atoms with van der Waals surface area (Å²) < 4.78 is 11.0. The van der Waals surface area contributed by atoms with E-state index in [4.69, 9.17) is 9.47 Å². The van der Waals surface area contributed by atoms with E-state index in [9.17, 15) is 0 Å². The van der Waals surface area contributed by atoms with Crippen LogP contribution in [0.4, 0.5) is 0 Å². The molecule has 19 heavy (non-hydrogen) atoms. The van der Waals surface area contributed by atoms with Gasteiger partial charge < -0.3 is 14.8 Å². The standard InChI is InChI=1S/C14H25N3O2/c1-5-8-15-11-12-6-7-13(17-16-12)18-9-10-19-14(2,3)4/h6-7,15H,5,8-11H2,1-4H3. The molecule has 5 nitrogen and oxygen atoms in total. The number of ether oxygens (including phenoxy) is 2. The Labute approximate surface area is 115 Å². The number of nitrogens with zero attached hydrogens (tertiary/aromatic N) is 2. The summed E-state index contributed by atoms with van der Waals surface area (Å²) in [6.07, 6.45) is 1.11. The summed E-state index contributed by atoms with van der Waals surface area (Å²) in [4.78, 5) is 0. The van der Waals surface area contributed by atoms with E-state index >= 15 is 0 Å². The monoisotopic (exact) mass is 267 g/mol. The molecule has 0 aromatic carbocycles. The van der Waals surface area contributed by atoms with E-state index in [1.807, 2.05) is 32.9 Å². The fourth-order valence-electron chi connectivity index (χ4n) is 1.41. The molecule has 0 aliphatic rings. The normalized spacial score (nSPS) is 11.6. The van der Waals surface area contributed by atoms with E-state index < -0.39 is 0 Å². The Morgan fingerprint density at radius 1 is 1.16 bits per heavy atom. The maximum atomic E-state index is 5.56. The van der Waals surface area contributed by atoms with Crippen molar-refractivity contribution in [3.63, 3.8) is 0 Å². The van der Waals surface area contributed by atoms with Gasteiger partial charge in [-0.2, -0.15) is 5.10 Å². The highest BCUT2D eigenvalue weighted by molar-refractivity contribution is 5.11. The first-order chi connectivity index (χ1) is 9.01. The number of nitrogens with one attached hydrogen (secondary N) is 1. The lowest BCUT2D eigenvalue weighted by Crippen LogP contribution is -2.22. The molecule has 0 bridgehead atoms. The van der Waals surface area contributed by atoms with E-state index in [-0.39, 0.29) is 5.60 Å². The molecule has 0 saturated heterocycles. The maximum absolute atomic E-state index is 5.56. The van der Waals surface area contributed by atoms with Crippen molar-refractivity contribution in [3.05, 3.63) is 17.8 Å². The molecule has 1 aromatic rings. The summed E-state index contributed by atoms with van der Waals surface area (Å²) in [6.45, 7) is 11.0. The van der Waals surface area contributed by atoms with Gasteiger partial charge in [0, 0.05) is 12.6 Å². The minimum absolute atomic E-state index is 0.135. The highest BCUT2D eigenvalue weighted by Gasteiger charge is 2.09. The fraction of sp³-hybridized carbons (Fsp3) is 0.714. The fourth-order valence-corrected chi connectivity index (χ4v) is 1.41. The second kappa shape index (κ2) is 8.07. The first kappa shape index (κ1) is 15.9. The van der Waals surface area contributed by atoms with Crippen molar-refractivity contribution in [1.29, 1.82) is 0 Å². The van der Waals surface area contributed by atoms with Crippen LogP contribution in [0.5, 0.6) is 5.88 Å². The average Bonchev–Trinajstić information content (AvgIpc) is 2.36. The third-order valence-corrected chi connectivity index (χ3v) is 2.30. The van der Waals surface area contributed by atoms with Crippen molar-refractivity contribution in [2.24, 2.45) is 0 Å². The van der Waals surface area contributed by atoms with Gasteiger partial charge in [0.25, 0.3) is 0 Å². The molecule has 0 unspecified atom stereocenters. The molecule has 0 aliphatic heterocycles. The van der Waals surface area contributed by atoms with Gasteiger partial charge in [0.05, 0.1) is 17.9 Å². The zero-order chi connectivity index (χ0) is 14.1. The van der Waals surface area contributed by atoms with Crippen LogP contribution in [0.2, 0.25) is 0 Å². The summed E-state index contributed by atoms with van der Waals surface area (Å²) in [5.41, 5.74) is 0.788. The second-order valence-electron chi connectivity index (χ2n) is 5.35. The zero-order valence-corrected chi connectivity index (χ0v) is 12.4. The molecule has 0 atom stereocenters. The molecular weight excluding hydrogens is 242 g/mol. The molecule has 0 spiro atoms. The van der Waals surface area contributed by atoms with Crippen molar-refractivity contribution >= 4 is 0 Å². The SMILES string of the molecule is CCCNCc1ccc(OCCOC(C)(C)C)nn1. The molecule has 1 rings (SSSR count). The quantitative estimate of drug-likeness (QED) is 0.732. The number of hydrogen-bond donors (Lipinski definition) is 1. The number of aromatic nitrogens is 2. The van der Waals surface area contributed by atoms with Gasteiger partial charge in [0.1, 0.15) is 6.61 Å². The molecule has 108 valence electrons. The van der Waals surface area contributed by atoms with Gasteiger partial charge in [-0.25, -0.2) is 0 Å². The number of rotatable bonds is 8. The van der Waals surface area contributed by atoms with Gasteiger partial charge in [-0.05, 0) is 39.8 Å². The summed E-state index contributed by atoms with van der Waals surface area (Å²) in [6, 6.07) is 3.77. The molecule has 0 fully saturated rings. The summed E-state index contributed by atoms with van der Waals surface area (Å²) in [7, 11) is 0. The molecule has 1 N–H and O–H groups in total. The van der Waals surface area contributed by atoms with Crippen LogP contribution in [-0.2, 0) is 11.3 Å². The van der Waals surface area contributed by atoms with Crippen LogP contribution in [0, 0.1) is 0 Å². The largest absolute Gasteiger partial charge is 0.474 e. The molecule has 5 heteroatoms. The summed E-state index contributed by atoms with van der Waals surface area (Å²) >= 11 is 0. The minimum atomic E-state index is -0.135. The van der Waals surface area contributed by atoms with Crippen LogP contribution >= 0.6 is 0 Å². The Morgan fingerprint density at radius 2 is 1.95 bits per heavy atom. The molecule has 0 radical (unpaired) electrons. The van der Waals surface area contributed by atoms with E-state index in [1.54, 1.807) is 0 Å². The maximum Gasteiger partial charge on any atom is 0.233 e. The van der Waals surface area contributed by atoms with Crippen LogP contribution in [0.15, 0.2) is 12.1 Å². The lowest BCUT2D eigenvalue weighted by atomic mass is 10.2. The predicted molar refractivity (Wildman–Crippen MR) is 75.2 cm³/mol. The molecule has 0 aliphatic carbocycles. The summed E-state index contributed by atoms with van der Waals surface area (Å²) in [5.74, 6) is 0.539. The van der Waals surface area contributed by atoms with Gasteiger partial charge in [-0.15, -0.1) is 5.10 Å². The van der Waals surface area contributed by atoms with E-state index in [0.717, 1.165) is 25.2 Å². The predicted octanol–water partition coefficient (Wildman–Crippen LogP) is 2.17. The van der Waals surface area contributed by atoms with E-state index in [2.05, 4.69) is 22.4 Å². The van der Waals surface area contributed by atoms with Crippen molar-refractivity contribution in [1.82, 2.24) is 15.5 Å². The smallest absolute Gasteiger partial charge is 0.233 e. The zero-order valence-electron chi connectivity index (χ0n) is 12.4. The molecule has 0 saturated carbocycles. The molecule has 0 amide bonds. The first-order valence-electron chi connectivity index (χ1n) is 6.81. The Bertz CT molecular complexity index is 347. The highest BCUT2D eigenvalue weighted by atomic mass is 16.5. The molecular formula is C14H25N3O2. The van der Waals surface area contributed by atoms with Gasteiger partial charge in [0.2, 0.25) is 5.88 Å². The van der Waals surface area contributed by atoms with Gasteiger partial charge in [-0.3, -0.25) is 0 Å². The Hall–Kier alpha value is -1.20. The first-order valence-corrected chi connectivity index (χ1v) is 6.81. The van der Waals surface area contributed by atoms with Crippen molar-refractivity contribution in [3.8, 4) is 5.88 Å². The van der Waals surface area contributed by atoms with Crippen molar-refractivity contribution < 1.29 is 9.47 Å². The molecule has 1 heterocycles. The lowest BCUT2D eigenvalue weighted by Gasteiger charge is -2.19. The Balaban J connectivity index is 2.24. The Kier molecular flexibility index (Phi) is 6.73. The number of hydrogen-bond acceptors (Lipinski definition) is 5. The minimum Gasteiger partial charge on any atom is -0.474 e. The van der Waals surface area contributed by atoms with Crippen molar-refractivity contribution in [2.75, 3.05) is 19.8 Å². The van der Waals surface area contributed by atoms with Crippen molar-refractivity contribution in [2.45, 2.75) is 46.3 Å². The summed E-state index contributed by atoms with van der Waals surface area (Å²) in [5, 5.41) is 11.4. The lowest BCUT2D eigenvalue weighted by molar-refractivity contribution is -0.0169. The molecule has 1 aromatic heterocycles. The highest BCUT2D eigenvalue weighted by Crippen LogP contribution is 2.08.